The van der Waals surface area contributed by atoms with Gasteiger partial charge in [0.1, 0.15) is 11.4 Å². The maximum absolute atomic E-state index is 13.1. The Labute approximate surface area is 215 Å². The number of aromatic nitrogens is 1. The fourth-order valence-corrected chi connectivity index (χ4v) is 4.59. The van der Waals surface area contributed by atoms with E-state index >= 15 is 0 Å². The molecular formula is C30H29N3O4. The van der Waals surface area contributed by atoms with Crippen LogP contribution in [-0.4, -0.2) is 34.2 Å². The molecule has 1 aliphatic carbocycles. The van der Waals surface area contributed by atoms with Crippen molar-refractivity contribution in [3.8, 4) is 22.5 Å². The van der Waals surface area contributed by atoms with Crippen LogP contribution in [0.5, 0.6) is 0 Å². The van der Waals surface area contributed by atoms with Gasteiger partial charge in [0.15, 0.2) is 5.76 Å². The summed E-state index contributed by atoms with van der Waals surface area (Å²) in [6.07, 6.45) is 1.37. The van der Waals surface area contributed by atoms with E-state index in [1.54, 1.807) is 18.9 Å². The average Bonchev–Trinajstić information content (AvgIpc) is 3.68. The highest BCUT2D eigenvalue weighted by Crippen LogP contribution is 2.48. The van der Waals surface area contributed by atoms with Crippen LogP contribution >= 0.6 is 0 Å². The number of amides is 2. The van der Waals surface area contributed by atoms with Crippen molar-refractivity contribution in [3.05, 3.63) is 95.7 Å². The summed E-state index contributed by atoms with van der Waals surface area (Å²) in [5.41, 5.74) is 5.10. The van der Waals surface area contributed by atoms with Crippen molar-refractivity contribution in [1.82, 2.24) is 10.1 Å². The number of anilines is 1. The number of carboxylic acid groups (broad SMARTS) is 1. The zero-order chi connectivity index (χ0) is 26.2. The Morgan fingerprint density at radius 2 is 1.51 bits per heavy atom. The molecule has 1 aliphatic rings. The molecule has 0 bridgehead atoms. The zero-order valence-corrected chi connectivity index (χ0v) is 21.1. The van der Waals surface area contributed by atoms with Gasteiger partial charge in [-0.2, -0.15) is 0 Å². The topological polar surface area (TPSA) is 95.7 Å². The fraction of sp³-hybridized carbons (Fsp3) is 0.233. The minimum absolute atomic E-state index is 0.110. The predicted molar refractivity (Wildman–Crippen MR) is 142 cm³/mol. The molecule has 2 N–H and O–H groups in total. The lowest BCUT2D eigenvalue weighted by atomic mass is 9.93. The molecule has 5 rings (SSSR count). The van der Waals surface area contributed by atoms with Crippen LogP contribution in [0, 0.1) is 6.92 Å². The van der Waals surface area contributed by atoms with Crippen LogP contribution in [0.4, 0.5) is 10.5 Å². The third-order valence-corrected chi connectivity index (χ3v) is 7.36. The molecular weight excluding hydrogens is 466 g/mol. The van der Waals surface area contributed by atoms with E-state index in [1.807, 2.05) is 85.8 Å². The van der Waals surface area contributed by atoms with Crippen LogP contribution in [0.2, 0.25) is 0 Å². The second-order valence-electron chi connectivity index (χ2n) is 9.64. The van der Waals surface area contributed by atoms with Gasteiger partial charge in [0.25, 0.3) is 0 Å². The third kappa shape index (κ3) is 4.60. The molecule has 1 fully saturated rings. The number of carboxylic acids is 1. The van der Waals surface area contributed by atoms with E-state index in [-0.39, 0.29) is 12.1 Å². The number of carbonyl (C=O) groups is 2. The molecule has 0 aliphatic heterocycles. The maximum atomic E-state index is 13.1. The Bertz CT molecular complexity index is 1420. The Kier molecular flexibility index (Phi) is 6.29. The molecule has 0 radical (unpaired) electrons. The van der Waals surface area contributed by atoms with Gasteiger partial charge < -0.3 is 19.8 Å². The first-order chi connectivity index (χ1) is 17.8. The molecule has 0 spiro atoms. The van der Waals surface area contributed by atoms with E-state index < -0.39 is 11.4 Å². The summed E-state index contributed by atoms with van der Waals surface area (Å²) in [6, 6.07) is 25.0. The number of nitrogens with zero attached hydrogens (tertiary/aromatic N) is 2. The van der Waals surface area contributed by atoms with Crippen LogP contribution in [0.3, 0.4) is 0 Å². The second kappa shape index (κ2) is 9.58. The lowest BCUT2D eigenvalue weighted by Crippen LogP contribution is -2.33. The highest BCUT2D eigenvalue weighted by Gasteiger charge is 2.51. The van der Waals surface area contributed by atoms with Crippen LogP contribution in [-0.2, 0) is 10.2 Å². The van der Waals surface area contributed by atoms with E-state index in [1.165, 1.54) is 0 Å². The first-order valence-electron chi connectivity index (χ1n) is 12.3. The number of hydrogen-bond donors (Lipinski definition) is 2. The molecule has 188 valence electrons. The monoisotopic (exact) mass is 495 g/mol. The second-order valence-corrected chi connectivity index (χ2v) is 9.64. The van der Waals surface area contributed by atoms with Crippen LogP contribution in [0.15, 0.2) is 83.4 Å². The number of nitrogens with one attached hydrogen (secondary N) is 1. The summed E-state index contributed by atoms with van der Waals surface area (Å²) < 4.78 is 5.60. The number of aryl methyl sites for hydroxylation is 1. The van der Waals surface area contributed by atoms with E-state index in [0.717, 1.165) is 27.8 Å². The van der Waals surface area contributed by atoms with E-state index in [9.17, 15) is 14.7 Å². The molecule has 1 saturated carbocycles. The van der Waals surface area contributed by atoms with Crippen molar-refractivity contribution in [2.24, 2.45) is 0 Å². The molecule has 0 saturated heterocycles. The normalized spacial score (nSPS) is 14.6. The Hall–Kier alpha value is -4.39. The van der Waals surface area contributed by atoms with Gasteiger partial charge in [0.2, 0.25) is 0 Å². The quantitative estimate of drug-likeness (QED) is 0.299. The number of rotatable bonds is 7. The van der Waals surface area contributed by atoms with Crippen molar-refractivity contribution in [2.45, 2.75) is 38.1 Å². The van der Waals surface area contributed by atoms with Crippen LogP contribution < -0.4 is 5.32 Å². The Morgan fingerprint density at radius 1 is 0.946 bits per heavy atom. The third-order valence-electron chi connectivity index (χ3n) is 7.36. The number of carbonyl (C=O) groups excluding carboxylic acids is 1. The smallest absolute Gasteiger partial charge is 0.322 e. The molecule has 7 heteroatoms. The van der Waals surface area contributed by atoms with Gasteiger partial charge in [-0.1, -0.05) is 84.0 Å². The minimum atomic E-state index is -0.754. The largest absolute Gasteiger partial charge is 0.481 e. The highest BCUT2D eigenvalue weighted by molar-refractivity contribution is 5.94. The van der Waals surface area contributed by atoms with E-state index in [4.69, 9.17) is 4.52 Å². The lowest BCUT2D eigenvalue weighted by Gasteiger charge is -2.25. The van der Waals surface area contributed by atoms with Crippen molar-refractivity contribution in [2.75, 3.05) is 12.4 Å². The minimum Gasteiger partial charge on any atom is -0.481 e. The van der Waals surface area contributed by atoms with Crippen molar-refractivity contribution in [1.29, 1.82) is 0 Å². The van der Waals surface area contributed by atoms with Gasteiger partial charge in [-0.25, -0.2) is 4.79 Å². The number of benzene rings is 3. The van der Waals surface area contributed by atoms with Gasteiger partial charge in [0, 0.05) is 12.6 Å². The first-order valence-corrected chi connectivity index (χ1v) is 12.3. The predicted octanol–water partition coefficient (Wildman–Crippen LogP) is 6.66. The lowest BCUT2D eigenvalue weighted by molar-refractivity contribution is -0.140. The number of hydrogen-bond acceptors (Lipinski definition) is 4. The first kappa shape index (κ1) is 24.3. The summed E-state index contributed by atoms with van der Waals surface area (Å²) in [4.78, 5) is 26.3. The Morgan fingerprint density at radius 3 is 2.08 bits per heavy atom. The summed E-state index contributed by atoms with van der Waals surface area (Å²) >= 11 is 0. The summed E-state index contributed by atoms with van der Waals surface area (Å²) in [6.45, 7) is 3.77. The standard InChI is InChI=1S/C30H29N3O4/c1-19-26(31-29(36)33(3)20(2)21-7-5-4-6-8-21)27(37-32-19)24-11-9-22(10-12-24)23-13-15-25(16-14-23)30(17-18-30)28(34)35/h4-16,20H,17-18H2,1-3H3,(H,31,36)(H,34,35). The van der Waals surface area contributed by atoms with Crippen LogP contribution in [0.25, 0.3) is 22.5 Å². The maximum Gasteiger partial charge on any atom is 0.322 e. The number of urea groups is 1. The van der Waals surface area contributed by atoms with Gasteiger partial charge in [-0.3, -0.25) is 4.79 Å². The van der Waals surface area contributed by atoms with E-state index in [0.29, 0.717) is 30.0 Å². The average molecular weight is 496 g/mol. The van der Waals surface area contributed by atoms with Crippen molar-refractivity contribution < 1.29 is 19.2 Å². The fourth-order valence-electron chi connectivity index (χ4n) is 4.59. The molecule has 1 unspecified atom stereocenters. The molecule has 1 aromatic heterocycles. The molecule has 1 heterocycles. The molecule has 4 aromatic rings. The molecule has 1 atom stereocenters. The summed E-state index contributed by atoms with van der Waals surface area (Å²) in [7, 11) is 1.76. The van der Waals surface area contributed by atoms with Crippen LogP contribution in [0.1, 0.15) is 42.6 Å². The number of aliphatic carboxylic acids is 1. The van der Waals surface area contributed by atoms with Crippen molar-refractivity contribution in [3.63, 3.8) is 0 Å². The SMILES string of the molecule is Cc1noc(-c2ccc(-c3ccc(C4(C(=O)O)CC4)cc3)cc2)c1NC(=O)N(C)C(C)c1ccccc1. The highest BCUT2D eigenvalue weighted by atomic mass is 16.5. The van der Waals surface area contributed by atoms with Crippen molar-refractivity contribution >= 4 is 17.7 Å². The van der Waals surface area contributed by atoms with E-state index in [2.05, 4.69) is 10.5 Å². The summed E-state index contributed by atoms with van der Waals surface area (Å²) in [5.74, 6) is -0.263. The Balaban J connectivity index is 1.32. The summed E-state index contributed by atoms with van der Waals surface area (Å²) in [5, 5.41) is 16.6. The van der Waals surface area contributed by atoms with Gasteiger partial charge in [-0.05, 0) is 48.9 Å². The molecule has 37 heavy (non-hydrogen) atoms. The van der Waals surface area contributed by atoms with Gasteiger partial charge >= 0.3 is 12.0 Å². The zero-order valence-electron chi connectivity index (χ0n) is 21.1. The molecule has 2 amide bonds. The van der Waals surface area contributed by atoms with Gasteiger partial charge in [-0.15, -0.1) is 0 Å². The molecule has 3 aromatic carbocycles. The molecule has 7 nitrogen and oxygen atoms in total. The van der Waals surface area contributed by atoms with Gasteiger partial charge in [0.05, 0.1) is 11.5 Å².